The molecule has 0 atom stereocenters. The van der Waals surface area contributed by atoms with Gasteiger partial charge in [0.05, 0.1) is 0 Å². The number of hydrogen-bond acceptors (Lipinski definition) is 3. The van der Waals surface area contributed by atoms with Gasteiger partial charge in [-0.1, -0.05) is 19.9 Å². The molecular weight excluding hydrogens is 244 g/mol. The molecule has 19 heavy (non-hydrogen) atoms. The second-order valence-electron chi connectivity index (χ2n) is 4.59. The fraction of sp³-hybridized carbons (Fsp3) is 0.286. The minimum absolute atomic E-state index is 0.160. The van der Waals surface area contributed by atoms with Crippen molar-refractivity contribution < 1.29 is 14.7 Å². The first-order valence-electron chi connectivity index (χ1n) is 5.93. The van der Waals surface area contributed by atoms with Crippen molar-refractivity contribution in [1.29, 1.82) is 0 Å². The number of benzene rings is 1. The van der Waals surface area contributed by atoms with E-state index in [1.165, 1.54) is 13.0 Å². The summed E-state index contributed by atoms with van der Waals surface area (Å²) >= 11 is 0. The molecule has 0 saturated carbocycles. The second-order valence-corrected chi connectivity index (χ2v) is 4.59. The fourth-order valence-electron chi connectivity index (χ4n) is 1.69. The first-order valence-corrected chi connectivity index (χ1v) is 5.93. The van der Waals surface area contributed by atoms with Crippen LogP contribution in [0.3, 0.4) is 0 Å². The molecule has 0 fully saturated rings. The summed E-state index contributed by atoms with van der Waals surface area (Å²) in [4.78, 5) is 22.0. The number of anilines is 1. The average Bonchev–Trinajstić information content (AvgIpc) is 2.29. The summed E-state index contributed by atoms with van der Waals surface area (Å²) in [6, 6.07) is 5.27. The van der Waals surface area contributed by atoms with Crippen molar-refractivity contribution in [2.75, 3.05) is 5.73 Å². The van der Waals surface area contributed by atoms with Gasteiger partial charge in [0.15, 0.2) is 0 Å². The van der Waals surface area contributed by atoms with Gasteiger partial charge < -0.3 is 16.2 Å². The third-order valence-corrected chi connectivity index (χ3v) is 2.58. The maximum absolute atomic E-state index is 11.0. The second kappa shape index (κ2) is 6.04. The van der Waals surface area contributed by atoms with E-state index >= 15 is 0 Å². The number of aliphatic carboxylic acids is 1. The zero-order valence-corrected chi connectivity index (χ0v) is 11.2. The van der Waals surface area contributed by atoms with Crippen molar-refractivity contribution in [3.05, 3.63) is 35.0 Å². The van der Waals surface area contributed by atoms with Crippen molar-refractivity contribution in [3.63, 3.8) is 0 Å². The van der Waals surface area contributed by atoms with Crippen LogP contribution in [0.25, 0.3) is 6.08 Å². The largest absolute Gasteiger partial charge is 0.477 e. The third-order valence-electron chi connectivity index (χ3n) is 2.58. The number of nitrogen functional groups attached to an aromatic ring is 1. The molecule has 0 bridgehead atoms. The molecule has 4 N–H and O–H groups in total. The quantitative estimate of drug-likeness (QED) is 0.571. The maximum Gasteiger partial charge on any atom is 0.352 e. The third kappa shape index (κ3) is 4.13. The summed E-state index contributed by atoms with van der Waals surface area (Å²) < 4.78 is 0. The normalized spacial score (nSPS) is 11.5. The van der Waals surface area contributed by atoms with Crippen LogP contribution in [0.4, 0.5) is 5.69 Å². The molecule has 0 saturated heterocycles. The van der Waals surface area contributed by atoms with E-state index in [0.717, 1.165) is 5.56 Å². The molecule has 0 heterocycles. The molecular formula is C14H18N2O3. The predicted octanol–water partition coefficient (Wildman–Crippen LogP) is 1.95. The Morgan fingerprint density at radius 3 is 2.47 bits per heavy atom. The van der Waals surface area contributed by atoms with Crippen LogP contribution < -0.4 is 11.1 Å². The molecule has 5 nitrogen and oxygen atoms in total. The molecule has 1 amide bonds. The molecule has 1 aromatic carbocycles. The van der Waals surface area contributed by atoms with Gasteiger partial charge in [-0.3, -0.25) is 4.79 Å². The van der Waals surface area contributed by atoms with Crippen LogP contribution in [0.2, 0.25) is 0 Å². The van der Waals surface area contributed by atoms with Gasteiger partial charge >= 0.3 is 5.97 Å². The predicted molar refractivity (Wildman–Crippen MR) is 74.4 cm³/mol. The minimum Gasteiger partial charge on any atom is -0.477 e. The molecule has 0 aromatic heterocycles. The zero-order valence-electron chi connectivity index (χ0n) is 11.2. The Hall–Kier alpha value is -2.30. The molecule has 0 aliphatic rings. The Labute approximate surface area is 112 Å². The molecule has 0 spiro atoms. The monoisotopic (exact) mass is 262 g/mol. The van der Waals surface area contributed by atoms with Gasteiger partial charge in [0, 0.05) is 12.6 Å². The summed E-state index contributed by atoms with van der Waals surface area (Å²) in [7, 11) is 0. The number of carboxylic acid groups (broad SMARTS) is 1. The molecule has 0 aliphatic heterocycles. The molecule has 0 unspecified atom stereocenters. The van der Waals surface area contributed by atoms with Gasteiger partial charge in [0.2, 0.25) is 5.91 Å². The van der Waals surface area contributed by atoms with Crippen LogP contribution in [-0.2, 0) is 9.59 Å². The summed E-state index contributed by atoms with van der Waals surface area (Å²) in [5.74, 6) is -1.37. The topological polar surface area (TPSA) is 92.4 Å². The number of nitrogens with one attached hydrogen (secondary N) is 1. The van der Waals surface area contributed by atoms with E-state index in [4.69, 9.17) is 10.8 Å². The Balaban J connectivity index is 3.17. The first-order chi connectivity index (χ1) is 8.81. The zero-order chi connectivity index (χ0) is 14.6. The van der Waals surface area contributed by atoms with Crippen LogP contribution >= 0.6 is 0 Å². The SMILES string of the molecule is CC(=O)N/C(=C/c1ccc(N)c(C(C)C)c1)C(=O)O. The van der Waals surface area contributed by atoms with E-state index in [-0.39, 0.29) is 11.6 Å². The van der Waals surface area contributed by atoms with Crippen LogP contribution in [0.1, 0.15) is 37.8 Å². The van der Waals surface area contributed by atoms with Crippen molar-refractivity contribution in [2.24, 2.45) is 0 Å². The first kappa shape index (κ1) is 14.8. The Bertz CT molecular complexity index is 533. The Morgan fingerprint density at radius 1 is 1.37 bits per heavy atom. The van der Waals surface area contributed by atoms with E-state index in [1.54, 1.807) is 12.1 Å². The van der Waals surface area contributed by atoms with E-state index in [0.29, 0.717) is 11.3 Å². The highest BCUT2D eigenvalue weighted by Crippen LogP contribution is 2.23. The van der Waals surface area contributed by atoms with E-state index in [2.05, 4.69) is 5.32 Å². The van der Waals surface area contributed by atoms with Gasteiger partial charge in [0.1, 0.15) is 5.70 Å². The van der Waals surface area contributed by atoms with E-state index in [1.807, 2.05) is 19.9 Å². The van der Waals surface area contributed by atoms with Crippen LogP contribution in [-0.4, -0.2) is 17.0 Å². The lowest BCUT2D eigenvalue weighted by molar-refractivity contribution is -0.134. The smallest absolute Gasteiger partial charge is 0.352 e. The highest BCUT2D eigenvalue weighted by Gasteiger charge is 2.10. The van der Waals surface area contributed by atoms with E-state index in [9.17, 15) is 9.59 Å². The number of rotatable bonds is 4. The molecule has 102 valence electrons. The summed E-state index contributed by atoms with van der Waals surface area (Å²) in [6.07, 6.45) is 1.41. The summed E-state index contributed by atoms with van der Waals surface area (Å²) in [6.45, 7) is 5.27. The number of amides is 1. The van der Waals surface area contributed by atoms with Gasteiger partial charge in [-0.25, -0.2) is 4.79 Å². The highest BCUT2D eigenvalue weighted by atomic mass is 16.4. The van der Waals surface area contributed by atoms with Gasteiger partial charge in [0.25, 0.3) is 0 Å². The molecule has 0 aliphatic carbocycles. The van der Waals surface area contributed by atoms with Crippen molar-refractivity contribution in [2.45, 2.75) is 26.7 Å². The van der Waals surface area contributed by atoms with Crippen molar-refractivity contribution >= 4 is 23.6 Å². The van der Waals surface area contributed by atoms with Crippen LogP contribution in [0.5, 0.6) is 0 Å². The standard InChI is InChI=1S/C14H18N2O3/c1-8(2)11-6-10(4-5-12(11)15)7-13(14(18)19)16-9(3)17/h4-8H,15H2,1-3H3,(H,16,17)(H,18,19)/b13-7+. The number of nitrogens with two attached hydrogens (primary N) is 1. The molecule has 0 radical (unpaired) electrons. The lowest BCUT2D eigenvalue weighted by Crippen LogP contribution is -2.24. The summed E-state index contributed by atoms with van der Waals surface area (Å²) in [5, 5.41) is 11.3. The van der Waals surface area contributed by atoms with Crippen LogP contribution in [0.15, 0.2) is 23.9 Å². The number of hydrogen-bond donors (Lipinski definition) is 3. The lowest BCUT2D eigenvalue weighted by atomic mass is 9.98. The average molecular weight is 262 g/mol. The highest BCUT2D eigenvalue weighted by molar-refractivity contribution is 5.96. The molecule has 1 rings (SSSR count). The lowest BCUT2D eigenvalue weighted by Gasteiger charge is -2.10. The molecule has 5 heteroatoms. The molecule has 1 aromatic rings. The Morgan fingerprint density at radius 2 is 2.00 bits per heavy atom. The van der Waals surface area contributed by atoms with Gasteiger partial charge in [-0.05, 0) is 35.3 Å². The number of carbonyl (C=O) groups excluding carboxylic acids is 1. The van der Waals surface area contributed by atoms with E-state index < -0.39 is 11.9 Å². The van der Waals surface area contributed by atoms with Crippen LogP contribution in [0, 0.1) is 0 Å². The number of carboxylic acids is 1. The van der Waals surface area contributed by atoms with Gasteiger partial charge in [-0.2, -0.15) is 0 Å². The van der Waals surface area contributed by atoms with Crippen molar-refractivity contribution in [1.82, 2.24) is 5.32 Å². The van der Waals surface area contributed by atoms with Gasteiger partial charge in [-0.15, -0.1) is 0 Å². The maximum atomic E-state index is 11.0. The minimum atomic E-state index is -1.18. The number of carbonyl (C=O) groups is 2. The Kier molecular flexibility index (Phi) is 4.69. The fourth-order valence-corrected chi connectivity index (χ4v) is 1.69. The summed E-state index contributed by atoms with van der Waals surface area (Å²) in [5.41, 5.74) is 7.99. The van der Waals surface area contributed by atoms with Crippen molar-refractivity contribution in [3.8, 4) is 0 Å².